The normalized spacial score (nSPS) is 16.0. The maximum Gasteiger partial charge on any atom is 0.261 e. The average Bonchev–Trinajstić information content (AvgIpc) is 2.89. The lowest BCUT2D eigenvalue weighted by molar-refractivity contribution is 0.0992. The van der Waals surface area contributed by atoms with Crippen LogP contribution >= 0.6 is 11.6 Å². The molecule has 1 amide bonds. The van der Waals surface area contributed by atoms with Gasteiger partial charge in [0.05, 0.1) is 0 Å². The highest BCUT2D eigenvalue weighted by Gasteiger charge is 2.38. The van der Waals surface area contributed by atoms with Gasteiger partial charge in [-0.05, 0) is 55.0 Å². The Morgan fingerprint density at radius 2 is 1.84 bits per heavy atom. The lowest BCUT2D eigenvalue weighted by Gasteiger charge is -2.26. The van der Waals surface area contributed by atoms with E-state index in [4.69, 9.17) is 11.6 Å². The molecule has 4 nitrogen and oxygen atoms in total. The van der Waals surface area contributed by atoms with Gasteiger partial charge in [0.15, 0.2) is 0 Å². The third kappa shape index (κ3) is 2.85. The molecule has 2 heterocycles. The van der Waals surface area contributed by atoms with E-state index in [1.54, 1.807) is 11.1 Å². The highest BCUT2D eigenvalue weighted by molar-refractivity contribution is 6.30. The number of rotatable bonds is 3. The van der Waals surface area contributed by atoms with E-state index >= 15 is 0 Å². The first-order valence-electron chi connectivity index (χ1n) is 8.01. The van der Waals surface area contributed by atoms with Crippen molar-refractivity contribution in [2.24, 2.45) is 0 Å². The first kappa shape index (κ1) is 15.7. The second-order valence-electron chi connectivity index (χ2n) is 6.01. The number of halogens is 1. The van der Waals surface area contributed by atoms with Crippen LogP contribution in [0.5, 0.6) is 0 Å². The number of benzene rings is 2. The lowest BCUT2D eigenvalue weighted by Crippen LogP contribution is -2.33. The van der Waals surface area contributed by atoms with E-state index in [-0.39, 0.29) is 12.1 Å². The van der Waals surface area contributed by atoms with Crippen LogP contribution in [0.1, 0.15) is 27.7 Å². The number of anilines is 2. The van der Waals surface area contributed by atoms with Crippen molar-refractivity contribution in [1.82, 2.24) is 4.98 Å². The van der Waals surface area contributed by atoms with E-state index < -0.39 is 0 Å². The molecule has 0 aliphatic carbocycles. The number of carbonyl (C=O) groups excluding carboxylic acids is 1. The number of amides is 1. The Bertz CT molecular complexity index is 940. The van der Waals surface area contributed by atoms with Gasteiger partial charge in [-0.15, -0.1) is 0 Å². The summed E-state index contributed by atoms with van der Waals surface area (Å²) in [5.41, 5.74) is 3.57. The first-order valence-corrected chi connectivity index (χ1v) is 8.38. The lowest BCUT2D eigenvalue weighted by atomic mass is 10.1. The molecule has 1 atom stereocenters. The summed E-state index contributed by atoms with van der Waals surface area (Å²) in [6.45, 7) is 1.99. The van der Waals surface area contributed by atoms with Crippen LogP contribution in [-0.2, 0) is 0 Å². The van der Waals surface area contributed by atoms with Crippen LogP contribution in [0.3, 0.4) is 0 Å². The monoisotopic (exact) mass is 349 g/mol. The molecule has 0 spiro atoms. The zero-order valence-electron chi connectivity index (χ0n) is 13.6. The molecule has 3 aromatic rings. The molecule has 1 aliphatic rings. The van der Waals surface area contributed by atoms with Gasteiger partial charge in [0.1, 0.15) is 12.0 Å². The molecule has 0 unspecified atom stereocenters. The number of nitrogens with zero attached hydrogens (tertiary/aromatic N) is 2. The predicted octanol–water partition coefficient (Wildman–Crippen LogP) is 4.81. The summed E-state index contributed by atoms with van der Waals surface area (Å²) in [6, 6.07) is 18.9. The molecule has 5 heteroatoms. The quantitative estimate of drug-likeness (QED) is 0.737. The van der Waals surface area contributed by atoms with Crippen LogP contribution in [0, 0.1) is 6.92 Å². The van der Waals surface area contributed by atoms with Crippen molar-refractivity contribution < 1.29 is 4.79 Å². The van der Waals surface area contributed by atoms with Crippen LogP contribution < -0.4 is 10.2 Å². The number of aromatic nitrogens is 1. The summed E-state index contributed by atoms with van der Waals surface area (Å²) < 4.78 is 0. The number of hydrogen-bond acceptors (Lipinski definition) is 3. The van der Waals surface area contributed by atoms with Gasteiger partial charge in [-0.1, -0.05) is 29.8 Å². The summed E-state index contributed by atoms with van der Waals surface area (Å²) in [5, 5.41) is 4.10. The van der Waals surface area contributed by atoms with Crippen LogP contribution in [0.25, 0.3) is 0 Å². The van der Waals surface area contributed by atoms with Crippen LogP contribution in [0.15, 0.2) is 66.9 Å². The maximum absolute atomic E-state index is 13.0. The molecule has 25 heavy (non-hydrogen) atoms. The Labute approximate surface area is 151 Å². The smallest absolute Gasteiger partial charge is 0.261 e. The van der Waals surface area contributed by atoms with Crippen molar-refractivity contribution in [3.8, 4) is 0 Å². The zero-order chi connectivity index (χ0) is 17.4. The van der Waals surface area contributed by atoms with E-state index in [2.05, 4.69) is 10.3 Å². The minimum absolute atomic E-state index is 0.0554. The number of nitrogens with one attached hydrogen (secondary N) is 1. The fraction of sp³-hybridized carbons (Fsp3) is 0.100. The number of fused-ring (bicyclic) bond motifs is 1. The van der Waals surface area contributed by atoms with Crippen molar-refractivity contribution in [3.63, 3.8) is 0 Å². The standard InChI is InChI=1S/C20H16ClN3O/c1-13-10-11-22-18(12-13)24-19(23-15-8-6-14(21)7-9-15)16-4-2-3-5-17(16)20(24)25/h2-12,19,23H,1H3/t19-/m0/s1. The highest BCUT2D eigenvalue weighted by Crippen LogP contribution is 2.37. The molecule has 0 saturated heterocycles. The molecule has 0 radical (unpaired) electrons. The zero-order valence-corrected chi connectivity index (χ0v) is 14.4. The fourth-order valence-corrected chi connectivity index (χ4v) is 3.18. The minimum Gasteiger partial charge on any atom is -0.361 e. The maximum atomic E-state index is 13.0. The van der Waals surface area contributed by atoms with Crippen LogP contribution in [0.2, 0.25) is 5.02 Å². The van der Waals surface area contributed by atoms with E-state index in [1.807, 2.05) is 67.6 Å². The molecular weight excluding hydrogens is 334 g/mol. The summed E-state index contributed by atoms with van der Waals surface area (Å²) in [6.07, 6.45) is 1.40. The van der Waals surface area contributed by atoms with Gasteiger partial charge < -0.3 is 5.32 Å². The topological polar surface area (TPSA) is 45.2 Å². The predicted molar refractivity (Wildman–Crippen MR) is 100 cm³/mol. The SMILES string of the molecule is Cc1ccnc(N2C(=O)c3ccccc3[C@H]2Nc2ccc(Cl)cc2)c1. The molecule has 124 valence electrons. The van der Waals surface area contributed by atoms with Gasteiger partial charge in [-0.2, -0.15) is 0 Å². The van der Waals surface area contributed by atoms with Crippen LogP contribution in [-0.4, -0.2) is 10.9 Å². The van der Waals surface area contributed by atoms with Crippen LogP contribution in [0.4, 0.5) is 11.5 Å². The third-order valence-corrected chi connectivity index (χ3v) is 4.51. The van der Waals surface area contributed by atoms with E-state index in [9.17, 15) is 4.79 Å². The van der Waals surface area contributed by atoms with E-state index in [0.717, 1.165) is 16.8 Å². The Balaban J connectivity index is 1.78. The van der Waals surface area contributed by atoms with Crippen molar-refractivity contribution >= 4 is 29.0 Å². The summed E-state index contributed by atoms with van der Waals surface area (Å²) in [5.74, 6) is 0.577. The Morgan fingerprint density at radius 3 is 2.60 bits per heavy atom. The summed E-state index contributed by atoms with van der Waals surface area (Å²) in [7, 11) is 0. The van der Waals surface area contributed by atoms with Crippen molar-refractivity contribution in [1.29, 1.82) is 0 Å². The average molecular weight is 350 g/mol. The molecule has 1 N–H and O–H groups in total. The third-order valence-electron chi connectivity index (χ3n) is 4.26. The Kier molecular flexibility index (Phi) is 3.90. The van der Waals surface area contributed by atoms with Gasteiger partial charge in [0.2, 0.25) is 0 Å². The van der Waals surface area contributed by atoms with Gasteiger partial charge in [0.25, 0.3) is 5.91 Å². The van der Waals surface area contributed by atoms with Gasteiger partial charge in [-0.3, -0.25) is 9.69 Å². The van der Waals surface area contributed by atoms with Gasteiger partial charge >= 0.3 is 0 Å². The molecule has 0 saturated carbocycles. The number of pyridine rings is 1. The molecule has 1 aromatic heterocycles. The largest absolute Gasteiger partial charge is 0.361 e. The molecular formula is C20H16ClN3O. The van der Waals surface area contributed by atoms with E-state index in [1.165, 1.54) is 0 Å². The molecule has 0 fully saturated rings. The Hall–Kier alpha value is -2.85. The molecule has 2 aromatic carbocycles. The Morgan fingerprint density at radius 1 is 1.08 bits per heavy atom. The summed E-state index contributed by atoms with van der Waals surface area (Å²) >= 11 is 5.97. The number of carbonyl (C=O) groups is 1. The van der Waals surface area contributed by atoms with E-state index in [0.29, 0.717) is 16.4 Å². The number of aryl methyl sites for hydroxylation is 1. The summed E-state index contributed by atoms with van der Waals surface area (Å²) in [4.78, 5) is 19.1. The van der Waals surface area contributed by atoms with Crippen molar-refractivity contribution in [2.45, 2.75) is 13.1 Å². The second-order valence-corrected chi connectivity index (χ2v) is 6.44. The van der Waals surface area contributed by atoms with Crippen molar-refractivity contribution in [2.75, 3.05) is 10.2 Å². The van der Waals surface area contributed by atoms with Gasteiger partial charge in [0, 0.05) is 28.0 Å². The molecule has 4 rings (SSSR count). The van der Waals surface area contributed by atoms with Gasteiger partial charge in [-0.25, -0.2) is 4.98 Å². The first-order chi connectivity index (χ1) is 12.1. The van der Waals surface area contributed by atoms with Crippen molar-refractivity contribution in [3.05, 3.63) is 88.6 Å². The minimum atomic E-state index is -0.320. The number of hydrogen-bond donors (Lipinski definition) is 1. The molecule has 0 bridgehead atoms. The second kappa shape index (κ2) is 6.22. The molecule has 1 aliphatic heterocycles. The highest BCUT2D eigenvalue weighted by atomic mass is 35.5. The fourth-order valence-electron chi connectivity index (χ4n) is 3.05.